The lowest BCUT2D eigenvalue weighted by molar-refractivity contribution is -0.0118. The number of benzene rings is 1. The molecule has 6 nitrogen and oxygen atoms in total. The summed E-state index contributed by atoms with van der Waals surface area (Å²) in [7, 11) is 0. The Morgan fingerprint density at radius 3 is 2.71 bits per heavy atom. The van der Waals surface area contributed by atoms with E-state index in [9.17, 15) is 15.0 Å². The highest BCUT2D eigenvalue weighted by Crippen LogP contribution is 2.28. The molecule has 4 rings (SSSR count). The van der Waals surface area contributed by atoms with Crippen LogP contribution in [0, 0.1) is 0 Å². The summed E-state index contributed by atoms with van der Waals surface area (Å²) in [6.45, 7) is 3.47. The summed E-state index contributed by atoms with van der Waals surface area (Å²) in [6, 6.07) is 11.6. The number of aliphatic hydroxyl groups is 1. The molecule has 0 radical (unpaired) electrons. The first-order chi connectivity index (χ1) is 13.5. The van der Waals surface area contributed by atoms with Gasteiger partial charge in [-0.05, 0) is 48.9 Å². The van der Waals surface area contributed by atoms with Gasteiger partial charge in [-0.2, -0.15) is 0 Å². The van der Waals surface area contributed by atoms with E-state index in [1.807, 2.05) is 0 Å². The highest BCUT2D eigenvalue weighted by atomic mass is 16.3. The molecule has 1 amide bonds. The third kappa shape index (κ3) is 4.03. The number of aromatic nitrogens is 1. The van der Waals surface area contributed by atoms with Crippen molar-refractivity contribution in [2.45, 2.75) is 37.8 Å². The maximum atomic E-state index is 12.7. The summed E-state index contributed by atoms with van der Waals surface area (Å²) >= 11 is 0. The largest absolute Gasteiger partial charge is 0.505 e. The predicted molar refractivity (Wildman–Crippen MR) is 106 cm³/mol. The number of amides is 1. The second-order valence-corrected chi connectivity index (χ2v) is 7.97. The molecule has 1 aromatic carbocycles. The molecule has 2 N–H and O–H groups in total. The minimum atomic E-state index is -0.798. The summed E-state index contributed by atoms with van der Waals surface area (Å²) < 4.78 is 0. The van der Waals surface area contributed by atoms with Crippen LogP contribution in [0.4, 0.5) is 0 Å². The van der Waals surface area contributed by atoms with Crippen molar-refractivity contribution in [2.75, 3.05) is 26.2 Å². The van der Waals surface area contributed by atoms with Crippen LogP contribution in [0.1, 0.15) is 40.9 Å². The van der Waals surface area contributed by atoms with Gasteiger partial charge < -0.3 is 15.1 Å². The van der Waals surface area contributed by atoms with Gasteiger partial charge in [0.2, 0.25) is 0 Å². The molecule has 0 aliphatic carbocycles. The second-order valence-electron chi connectivity index (χ2n) is 7.97. The third-order valence-corrected chi connectivity index (χ3v) is 5.92. The highest BCUT2D eigenvalue weighted by Gasteiger charge is 2.34. The number of hydrogen-bond donors (Lipinski definition) is 2. The van der Waals surface area contributed by atoms with Gasteiger partial charge in [-0.25, -0.2) is 4.98 Å². The van der Waals surface area contributed by atoms with Gasteiger partial charge in [0.1, 0.15) is 5.75 Å². The Balaban J connectivity index is 1.39. The van der Waals surface area contributed by atoms with Crippen molar-refractivity contribution in [2.24, 2.45) is 0 Å². The molecule has 1 aromatic heterocycles. The summed E-state index contributed by atoms with van der Waals surface area (Å²) in [4.78, 5) is 20.8. The number of β-amino-alcohol motifs (C(OH)–C–C–N with tert-alkyl or cyclic N) is 1. The topological polar surface area (TPSA) is 76.9 Å². The quantitative estimate of drug-likeness (QED) is 0.852. The Kier molecular flexibility index (Phi) is 5.33. The van der Waals surface area contributed by atoms with Crippen LogP contribution in [-0.4, -0.2) is 62.7 Å². The maximum Gasteiger partial charge on any atom is 0.276 e. The lowest BCUT2D eigenvalue weighted by atomic mass is 9.92. The van der Waals surface area contributed by atoms with Gasteiger partial charge in [0.15, 0.2) is 5.69 Å². The molecular formula is C22H27N3O3. The summed E-state index contributed by atoms with van der Waals surface area (Å²) in [6.07, 6.45) is 4.46. The number of carbonyl (C=O) groups excluding carboxylic acids is 1. The van der Waals surface area contributed by atoms with Gasteiger partial charge in [-0.15, -0.1) is 0 Å². The number of carbonyl (C=O) groups is 1. The summed E-state index contributed by atoms with van der Waals surface area (Å²) in [5.74, 6) is -0.367. The number of aromatic hydroxyl groups is 1. The van der Waals surface area contributed by atoms with E-state index in [1.165, 1.54) is 23.4 Å². The zero-order valence-corrected chi connectivity index (χ0v) is 16.0. The Morgan fingerprint density at radius 1 is 1.07 bits per heavy atom. The van der Waals surface area contributed by atoms with Gasteiger partial charge >= 0.3 is 0 Å². The molecule has 0 bridgehead atoms. The monoisotopic (exact) mass is 381 g/mol. The van der Waals surface area contributed by atoms with Crippen LogP contribution in [-0.2, 0) is 13.0 Å². The number of fused-ring (bicyclic) bond motifs is 1. The third-order valence-electron chi connectivity index (χ3n) is 5.92. The van der Waals surface area contributed by atoms with Crippen molar-refractivity contribution in [3.63, 3.8) is 0 Å². The van der Waals surface area contributed by atoms with Crippen molar-refractivity contribution >= 4 is 5.91 Å². The Hall–Kier alpha value is -2.44. The summed E-state index contributed by atoms with van der Waals surface area (Å²) in [5.41, 5.74) is 2.03. The van der Waals surface area contributed by atoms with Crippen LogP contribution in [0.15, 0.2) is 42.6 Å². The SMILES string of the molecule is O=C(c1ncccc1O)N1CCCC(O)(CN2CCc3ccccc3C2)CC1. The van der Waals surface area contributed by atoms with E-state index in [1.54, 1.807) is 11.0 Å². The molecule has 2 aliphatic heterocycles. The van der Waals surface area contributed by atoms with Gasteiger partial charge in [0.05, 0.1) is 5.60 Å². The smallest absolute Gasteiger partial charge is 0.276 e. The standard InChI is InChI=1S/C22H27N3O3/c26-19-7-3-11-23-20(19)21(27)25-12-4-9-22(28,10-14-25)16-24-13-8-17-5-1-2-6-18(17)15-24/h1-3,5-7,11,26,28H,4,8-10,12-16H2. The minimum absolute atomic E-state index is 0.0839. The average molecular weight is 381 g/mol. The van der Waals surface area contributed by atoms with E-state index < -0.39 is 5.60 Å². The zero-order valence-electron chi connectivity index (χ0n) is 16.0. The van der Waals surface area contributed by atoms with Crippen molar-refractivity contribution in [3.8, 4) is 5.75 Å². The maximum absolute atomic E-state index is 12.7. The first-order valence-corrected chi connectivity index (χ1v) is 9.99. The van der Waals surface area contributed by atoms with E-state index in [4.69, 9.17) is 0 Å². The second kappa shape index (κ2) is 7.89. The van der Waals surface area contributed by atoms with E-state index in [0.29, 0.717) is 32.5 Å². The average Bonchev–Trinajstić information content (AvgIpc) is 2.89. The molecule has 148 valence electrons. The lowest BCUT2D eigenvalue weighted by Gasteiger charge is -2.36. The number of hydrogen-bond acceptors (Lipinski definition) is 5. The zero-order chi connectivity index (χ0) is 19.6. The Labute approximate surface area is 165 Å². The molecule has 2 aliphatic rings. The fraction of sp³-hybridized carbons (Fsp3) is 0.455. The van der Waals surface area contributed by atoms with E-state index in [2.05, 4.69) is 34.1 Å². The van der Waals surface area contributed by atoms with Crippen LogP contribution in [0.5, 0.6) is 5.75 Å². The molecule has 1 fully saturated rings. The molecule has 28 heavy (non-hydrogen) atoms. The normalized spacial score (nSPS) is 23.1. The minimum Gasteiger partial charge on any atom is -0.505 e. The molecule has 1 atom stereocenters. The van der Waals surface area contributed by atoms with E-state index in [-0.39, 0.29) is 17.4 Å². The van der Waals surface area contributed by atoms with Gasteiger partial charge in [-0.1, -0.05) is 24.3 Å². The van der Waals surface area contributed by atoms with Gasteiger partial charge in [0.25, 0.3) is 5.91 Å². The Morgan fingerprint density at radius 2 is 1.89 bits per heavy atom. The predicted octanol–water partition coefficient (Wildman–Crippen LogP) is 2.20. The fourth-order valence-corrected chi connectivity index (χ4v) is 4.36. The first kappa shape index (κ1) is 18.9. The Bertz CT molecular complexity index is 856. The molecule has 2 aromatic rings. The van der Waals surface area contributed by atoms with Gasteiger partial charge in [-0.3, -0.25) is 9.69 Å². The lowest BCUT2D eigenvalue weighted by Crippen LogP contribution is -2.45. The number of pyridine rings is 1. The molecule has 1 saturated heterocycles. The fourth-order valence-electron chi connectivity index (χ4n) is 4.36. The van der Waals surface area contributed by atoms with E-state index in [0.717, 1.165) is 25.9 Å². The molecular weight excluding hydrogens is 354 g/mol. The van der Waals surface area contributed by atoms with Gasteiger partial charge in [0, 0.05) is 38.9 Å². The van der Waals surface area contributed by atoms with Crippen LogP contribution in [0.25, 0.3) is 0 Å². The first-order valence-electron chi connectivity index (χ1n) is 9.99. The number of nitrogens with zero attached hydrogens (tertiary/aromatic N) is 3. The number of rotatable bonds is 3. The van der Waals surface area contributed by atoms with Crippen molar-refractivity contribution in [3.05, 3.63) is 59.4 Å². The van der Waals surface area contributed by atoms with Crippen LogP contribution >= 0.6 is 0 Å². The summed E-state index contributed by atoms with van der Waals surface area (Å²) in [5, 5.41) is 21.1. The molecule has 0 spiro atoms. The van der Waals surface area contributed by atoms with Crippen LogP contribution in [0.2, 0.25) is 0 Å². The van der Waals surface area contributed by atoms with Crippen molar-refractivity contribution in [1.29, 1.82) is 0 Å². The molecule has 6 heteroatoms. The number of likely N-dealkylation sites (tertiary alicyclic amines) is 1. The van der Waals surface area contributed by atoms with Crippen molar-refractivity contribution in [1.82, 2.24) is 14.8 Å². The molecule has 0 saturated carbocycles. The van der Waals surface area contributed by atoms with Crippen molar-refractivity contribution < 1.29 is 15.0 Å². The van der Waals surface area contributed by atoms with Crippen LogP contribution in [0.3, 0.4) is 0 Å². The molecule has 3 heterocycles. The highest BCUT2D eigenvalue weighted by molar-refractivity contribution is 5.94. The molecule has 1 unspecified atom stereocenters. The van der Waals surface area contributed by atoms with Crippen LogP contribution < -0.4 is 0 Å². The van der Waals surface area contributed by atoms with E-state index >= 15 is 0 Å².